The van der Waals surface area contributed by atoms with Gasteiger partial charge in [0.2, 0.25) is 0 Å². The lowest BCUT2D eigenvalue weighted by Gasteiger charge is -2.09. The molecule has 0 atom stereocenters. The van der Waals surface area contributed by atoms with Gasteiger partial charge in [0.05, 0.1) is 31.8 Å². The standard InChI is InChI=1S/C17H16N2O2/c1-21-17(20)10-13-6-2-3-8-15(13)12-19-16-9-5-4-7-14(16)11-18-19/h2-9,11H,10,12H2,1H3. The van der Waals surface area contributed by atoms with Crippen LogP contribution in [0.4, 0.5) is 0 Å². The molecule has 106 valence electrons. The molecule has 0 saturated heterocycles. The van der Waals surface area contributed by atoms with Crippen LogP contribution in [0.25, 0.3) is 10.9 Å². The number of benzene rings is 2. The van der Waals surface area contributed by atoms with E-state index >= 15 is 0 Å². The van der Waals surface area contributed by atoms with Gasteiger partial charge < -0.3 is 4.74 Å². The molecule has 1 aromatic heterocycles. The summed E-state index contributed by atoms with van der Waals surface area (Å²) in [5, 5.41) is 5.55. The first-order chi connectivity index (χ1) is 10.3. The Balaban J connectivity index is 1.93. The number of nitrogens with zero attached hydrogens (tertiary/aromatic N) is 2. The monoisotopic (exact) mass is 280 g/mol. The highest BCUT2D eigenvalue weighted by molar-refractivity contribution is 5.78. The Hall–Kier alpha value is -2.62. The molecular weight excluding hydrogens is 264 g/mol. The maximum atomic E-state index is 11.5. The van der Waals surface area contributed by atoms with E-state index in [9.17, 15) is 4.79 Å². The molecule has 1 heterocycles. The van der Waals surface area contributed by atoms with Gasteiger partial charge in [0, 0.05) is 5.39 Å². The Morgan fingerprint density at radius 3 is 2.62 bits per heavy atom. The van der Waals surface area contributed by atoms with Gasteiger partial charge in [0.15, 0.2) is 0 Å². The Bertz CT molecular complexity index is 777. The van der Waals surface area contributed by atoms with Crippen molar-refractivity contribution in [2.45, 2.75) is 13.0 Å². The average Bonchev–Trinajstić information content (AvgIpc) is 2.92. The minimum absolute atomic E-state index is 0.229. The molecule has 3 aromatic rings. The minimum Gasteiger partial charge on any atom is -0.469 e. The van der Waals surface area contributed by atoms with Gasteiger partial charge >= 0.3 is 5.97 Å². The molecule has 0 aliphatic heterocycles. The fourth-order valence-corrected chi connectivity index (χ4v) is 2.43. The molecule has 0 radical (unpaired) electrons. The highest BCUT2D eigenvalue weighted by atomic mass is 16.5. The first-order valence-electron chi connectivity index (χ1n) is 6.82. The second-order valence-electron chi connectivity index (χ2n) is 4.88. The zero-order valence-corrected chi connectivity index (χ0v) is 11.8. The quantitative estimate of drug-likeness (QED) is 0.690. The highest BCUT2D eigenvalue weighted by Crippen LogP contribution is 2.17. The van der Waals surface area contributed by atoms with E-state index in [0.717, 1.165) is 22.0 Å². The Kier molecular flexibility index (Phi) is 3.69. The van der Waals surface area contributed by atoms with Gasteiger partial charge in [-0.25, -0.2) is 0 Å². The summed E-state index contributed by atoms with van der Waals surface area (Å²) in [6, 6.07) is 16.0. The molecule has 0 amide bonds. The number of hydrogen-bond donors (Lipinski definition) is 0. The van der Waals surface area contributed by atoms with Gasteiger partial charge in [0.1, 0.15) is 0 Å². The summed E-state index contributed by atoms with van der Waals surface area (Å²) in [5.41, 5.74) is 3.14. The maximum absolute atomic E-state index is 11.5. The number of fused-ring (bicyclic) bond motifs is 1. The van der Waals surface area contributed by atoms with Gasteiger partial charge in [-0.1, -0.05) is 42.5 Å². The first kappa shape index (κ1) is 13.4. The predicted molar refractivity (Wildman–Crippen MR) is 81.0 cm³/mol. The Labute approximate surface area is 123 Å². The van der Waals surface area contributed by atoms with Crippen LogP contribution in [0, 0.1) is 0 Å². The Morgan fingerprint density at radius 2 is 1.81 bits per heavy atom. The number of esters is 1. The van der Waals surface area contributed by atoms with Crippen LogP contribution in [0.3, 0.4) is 0 Å². The molecule has 4 heteroatoms. The molecule has 2 aromatic carbocycles. The van der Waals surface area contributed by atoms with Gasteiger partial charge in [-0.15, -0.1) is 0 Å². The second kappa shape index (κ2) is 5.79. The molecular formula is C17H16N2O2. The fraction of sp³-hybridized carbons (Fsp3) is 0.176. The molecule has 3 rings (SSSR count). The lowest BCUT2D eigenvalue weighted by molar-refractivity contribution is -0.139. The number of aromatic nitrogens is 2. The molecule has 0 N–H and O–H groups in total. The Morgan fingerprint density at radius 1 is 1.10 bits per heavy atom. The van der Waals surface area contributed by atoms with Crippen molar-refractivity contribution < 1.29 is 9.53 Å². The van der Waals surface area contributed by atoms with Crippen LogP contribution in [-0.4, -0.2) is 22.9 Å². The number of carbonyl (C=O) groups is 1. The molecule has 0 saturated carbocycles. The summed E-state index contributed by atoms with van der Waals surface area (Å²) >= 11 is 0. The molecule has 0 aliphatic rings. The van der Waals surface area contributed by atoms with Crippen LogP contribution in [-0.2, 0) is 22.5 Å². The molecule has 0 unspecified atom stereocenters. The number of rotatable bonds is 4. The smallest absolute Gasteiger partial charge is 0.309 e. The third-order valence-electron chi connectivity index (χ3n) is 3.55. The molecule has 0 bridgehead atoms. The summed E-state index contributed by atoms with van der Waals surface area (Å²) in [4.78, 5) is 11.5. The van der Waals surface area contributed by atoms with E-state index in [4.69, 9.17) is 4.74 Å². The molecule has 0 aliphatic carbocycles. The van der Waals surface area contributed by atoms with Crippen LogP contribution in [0.1, 0.15) is 11.1 Å². The highest BCUT2D eigenvalue weighted by Gasteiger charge is 2.09. The summed E-state index contributed by atoms with van der Waals surface area (Å²) in [6.07, 6.45) is 2.14. The van der Waals surface area contributed by atoms with E-state index in [-0.39, 0.29) is 12.4 Å². The third kappa shape index (κ3) is 2.79. The van der Waals surface area contributed by atoms with Crippen LogP contribution in [0.15, 0.2) is 54.7 Å². The average molecular weight is 280 g/mol. The second-order valence-corrected chi connectivity index (χ2v) is 4.88. The number of methoxy groups -OCH3 is 1. The van der Waals surface area contributed by atoms with Gasteiger partial charge in [0.25, 0.3) is 0 Å². The van der Waals surface area contributed by atoms with Crippen molar-refractivity contribution in [3.63, 3.8) is 0 Å². The lowest BCUT2D eigenvalue weighted by atomic mass is 10.0. The summed E-state index contributed by atoms with van der Waals surface area (Å²) in [7, 11) is 1.41. The molecule has 0 fully saturated rings. The third-order valence-corrected chi connectivity index (χ3v) is 3.55. The summed E-state index contributed by atoms with van der Waals surface area (Å²) in [5.74, 6) is -0.229. The number of para-hydroxylation sites is 1. The first-order valence-corrected chi connectivity index (χ1v) is 6.82. The van der Waals surface area contributed by atoms with Crippen LogP contribution in [0.2, 0.25) is 0 Å². The topological polar surface area (TPSA) is 44.1 Å². The van der Waals surface area contributed by atoms with E-state index in [1.807, 2.05) is 59.4 Å². The number of ether oxygens (including phenoxy) is 1. The SMILES string of the molecule is COC(=O)Cc1ccccc1Cn1ncc2ccccc21. The van der Waals surface area contributed by atoms with Crippen molar-refractivity contribution in [1.82, 2.24) is 9.78 Å². The van der Waals surface area contributed by atoms with Crippen LogP contribution < -0.4 is 0 Å². The van der Waals surface area contributed by atoms with Crippen molar-refractivity contribution in [3.05, 3.63) is 65.9 Å². The number of hydrogen-bond acceptors (Lipinski definition) is 3. The molecule has 4 nitrogen and oxygen atoms in total. The zero-order valence-electron chi connectivity index (χ0n) is 11.8. The van der Waals surface area contributed by atoms with Crippen molar-refractivity contribution in [2.75, 3.05) is 7.11 Å². The van der Waals surface area contributed by atoms with Gasteiger partial charge in [-0.05, 0) is 17.2 Å². The predicted octanol–water partition coefficient (Wildman–Crippen LogP) is 2.80. The largest absolute Gasteiger partial charge is 0.469 e. The maximum Gasteiger partial charge on any atom is 0.309 e. The minimum atomic E-state index is -0.229. The summed E-state index contributed by atoms with van der Waals surface area (Å²) < 4.78 is 6.70. The normalized spacial score (nSPS) is 10.7. The lowest BCUT2D eigenvalue weighted by Crippen LogP contribution is -2.09. The number of carbonyl (C=O) groups excluding carboxylic acids is 1. The van der Waals surface area contributed by atoms with Crippen molar-refractivity contribution in [1.29, 1.82) is 0 Å². The van der Waals surface area contributed by atoms with Gasteiger partial charge in [-0.3, -0.25) is 9.48 Å². The van der Waals surface area contributed by atoms with E-state index in [0.29, 0.717) is 6.54 Å². The zero-order chi connectivity index (χ0) is 14.7. The van der Waals surface area contributed by atoms with Crippen molar-refractivity contribution in [3.8, 4) is 0 Å². The van der Waals surface area contributed by atoms with Crippen LogP contribution in [0.5, 0.6) is 0 Å². The molecule has 21 heavy (non-hydrogen) atoms. The van der Waals surface area contributed by atoms with Crippen molar-refractivity contribution in [2.24, 2.45) is 0 Å². The van der Waals surface area contributed by atoms with E-state index in [1.165, 1.54) is 7.11 Å². The van der Waals surface area contributed by atoms with E-state index in [2.05, 4.69) is 5.10 Å². The fourth-order valence-electron chi connectivity index (χ4n) is 2.43. The summed E-state index contributed by atoms with van der Waals surface area (Å²) in [6.45, 7) is 0.640. The van der Waals surface area contributed by atoms with E-state index < -0.39 is 0 Å². The van der Waals surface area contributed by atoms with Crippen molar-refractivity contribution >= 4 is 16.9 Å². The van der Waals surface area contributed by atoms with Gasteiger partial charge in [-0.2, -0.15) is 5.10 Å². The van der Waals surface area contributed by atoms with E-state index in [1.54, 1.807) is 0 Å². The molecule has 0 spiro atoms. The van der Waals surface area contributed by atoms with Crippen LogP contribution >= 0.6 is 0 Å².